The zero-order valence-corrected chi connectivity index (χ0v) is 14.1. The molecule has 2 unspecified atom stereocenters. The summed E-state index contributed by atoms with van der Waals surface area (Å²) in [6, 6.07) is 4.34. The molecule has 0 saturated carbocycles. The van der Waals surface area contributed by atoms with Crippen molar-refractivity contribution >= 4 is 17.5 Å². The molecule has 2 saturated heterocycles. The largest absolute Gasteiger partial charge is 0.355 e. The summed E-state index contributed by atoms with van der Waals surface area (Å²) < 4.78 is 0. The molecule has 2 aliphatic heterocycles. The van der Waals surface area contributed by atoms with Crippen LogP contribution >= 0.6 is 0 Å². The van der Waals surface area contributed by atoms with Crippen molar-refractivity contribution in [2.24, 2.45) is 0 Å². The van der Waals surface area contributed by atoms with Crippen molar-refractivity contribution in [3.63, 3.8) is 0 Å². The van der Waals surface area contributed by atoms with Gasteiger partial charge in [0.15, 0.2) is 5.82 Å². The van der Waals surface area contributed by atoms with Gasteiger partial charge in [-0.15, -0.1) is 0 Å². The maximum atomic E-state index is 12.4. The van der Waals surface area contributed by atoms with Crippen LogP contribution in [0.25, 0.3) is 0 Å². The zero-order chi connectivity index (χ0) is 16.2. The Morgan fingerprint density at radius 1 is 1.17 bits per heavy atom. The lowest BCUT2D eigenvalue weighted by molar-refractivity contribution is 0.0625. The lowest BCUT2D eigenvalue weighted by Gasteiger charge is -2.38. The number of pyridine rings is 1. The predicted molar refractivity (Wildman–Crippen MR) is 92.5 cm³/mol. The van der Waals surface area contributed by atoms with E-state index in [2.05, 4.69) is 39.5 Å². The highest BCUT2D eigenvalue weighted by molar-refractivity contribution is 5.92. The van der Waals surface area contributed by atoms with Crippen LogP contribution in [0, 0.1) is 0 Å². The Bertz CT molecular complexity index is 534. The van der Waals surface area contributed by atoms with Gasteiger partial charge in [-0.2, -0.15) is 0 Å². The first-order valence-corrected chi connectivity index (χ1v) is 8.71. The second kappa shape index (κ2) is 7.17. The van der Waals surface area contributed by atoms with Crippen molar-refractivity contribution in [3.05, 3.63) is 18.3 Å². The molecule has 0 spiro atoms. The second-order valence-electron chi connectivity index (χ2n) is 6.67. The number of nitrogens with zero attached hydrogens (tertiary/aromatic N) is 3. The average molecular weight is 317 g/mol. The van der Waals surface area contributed by atoms with Crippen LogP contribution in [0.3, 0.4) is 0 Å². The minimum atomic E-state index is -0.181. The summed E-state index contributed by atoms with van der Waals surface area (Å²) in [7, 11) is 0. The van der Waals surface area contributed by atoms with E-state index in [0.717, 1.165) is 37.4 Å². The van der Waals surface area contributed by atoms with E-state index >= 15 is 0 Å². The van der Waals surface area contributed by atoms with E-state index in [1.54, 1.807) is 6.20 Å². The van der Waals surface area contributed by atoms with Gasteiger partial charge in [0, 0.05) is 31.4 Å². The third kappa shape index (κ3) is 3.75. The van der Waals surface area contributed by atoms with Crippen molar-refractivity contribution in [1.29, 1.82) is 0 Å². The van der Waals surface area contributed by atoms with Crippen LogP contribution in [0.15, 0.2) is 18.3 Å². The number of hydrogen-bond donors (Lipinski definition) is 2. The number of hydrogen-bond acceptors (Lipinski definition) is 4. The van der Waals surface area contributed by atoms with Crippen LogP contribution in [0.2, 0.25) is 0 Å². The first-order valence-electron chi connectivity index (χ1n) is 8.71. The third-order valence-electron chi connectivity index (χ3n) is 4.86. The normalized spacial score (nSPS) is 25.4. The Morgan fingerprint density at radius 3 is 2.57 bits per heavy atom. The van der Waals surface area contributed by atoms with Crippen molar-refractivity contribution in [3.8, 4) is 0 Å². The van der Waals surface area contributed by atoms with Gasteiger partial charge in [0.2, 0.25) is 0 Å². The second-order valence-corrected chi connectivity index (χ2v) is 6.67. The minimum Gasteiger partial charge on any atom is -0.355 e. The van der Waals surface area contributed by atoms with Crippen LogP contribution in [-0.4, -0.2) is 41.2 Å². The van der Waals surface area contributed by atoms with Crippen molar-refractivity contribution in [2.75, 3.05) is 23.3 Å². The molecule has 126 valence electrons. The minimum absolute atomic E-state index is 0.181. The molecule has 3 heterocycles. The van der Waals surface area contributed by atoms with Crippen LogP contribution < -0.4 is 15.6 Å². The highest BCUT2D eigenvalue weighted by atomic mass is 16.2. The molecule has 1 aromatic heterocycles. The topological polar surface area (TPSA) is 60.5 Å². The summed E-state index contributed by atoms with van der Waals surface area (Å²) in [6.45, 7) is 6.34. The van der Waals surface area contributed by atoms with E-state index in [9.17, 15) is 4.79 Å². The third-order valence-corrected chi connectivity index (χ3v) is 4.86. The zero-order valence-electron chi connectivity index (χ0n) is 14.1. The Hall–Kier alpha value is -1.82. The Kier molecular flexibility index (Phi) is 5.00. The number of carbonyl (C=O) groups excluding carboxylic acids is 1. The summed E-state index contributed by atoms with van der Waals surface area (Å²) in [4.78, 5) is 19.1. The van der Waals surface area contributed by atoms with Gasteiger partial charge in [0.25, 0.3) is 0 Å². The molecule has 0 bridgehead atoms. The molecule has 0 aromatic carbocycles. The fourth-order valence-corrected chi connectivity index (χ4v) is 3.58. The predicted octanol–water partition coefficient (Wildman–Crippen LogP) is 2.98. The Labute approximate surface area is 138 Å². The first-order chi connectivity index (χ1) is 11.1. The molecule has 2 amide bonds. The van der Waals surface area contributed by atoms with E-state index in [1.165, 1.54) is 19.3 Å². The summed E-state index contributed by atoms with van der Waals surface area (Å²) >= 11 is 0. The fourth-order valence-electron chi connectivity index (χ4n) is 3.58. The maximum Gasteiger partial charge on any atom is 0.333 e. The molecule has 23 heavy (non-hydrogen) atoms. The average Bonchev–Trinajstić information content (AvgIpc) is 3.06. The molecule has 2 atom stereocenters. The van der Waals surface area contributed by atoms with Gasteiger partial charge in [-0.05, 0) is 51.7 Å². The summed E-state index contributed by atoms with van der Waals surface area (Å²) in [5.74, 6) is 0.875. The van der Waals surface area contributed by atoms with Gasteiger partial charge in [-0.1, -0.05) is 6.42 Å². The van der Waals surface area contributed by atoms with Crippen LogP contribution in [0.4, 0.5) is 16.3 Å². The van der Waals surface area contributed by atoms with E-state index in [4.69, 9.17) is 0 Å². The molecule has 6 heteroatoms. The van der Waals surface area contributed by atoms with E-state index in [1.807, 2.05) is 12.1 Å². The number of urea groups is 1. The van der Waals surface area contributed by atoms with Gasteiger partial charge >= 0.3 is 6.03 Å². The highest BCUT2D eigenvalue weighted by Gasteiger charge is 2.26. The van der Waals surface area contributed by atoms with Gasteiger partial charge < -0.3 is 10.2 Å². The monoisotopic (exact) mass is 317 g/mol. The summed E-state index contributed by atoms with van der Waals surface area (Å²) in [5.41, 5.74) is 3.80. The first kappa shape index (κ1) is 16.1. The number of rotatable bonds is 3. The SMILES string of the molecule is CC1CCCC(C)N1NC(=O)Nc1cccnc1N1CCCC1. The summed E-state index contributed by atoms with van der Waals surface area (Å²) in [6.07, 6.45) is 7.62. The molecular weight excluding hydrogens is 290 g/mol. The van der Waals surface area contributed by atoms with Gasteiger partial charge in [0.05, 0.1) is 5.69 Å². The Morgan fingerprint density at radius 2 is 1.87 bits per heavy atom. The van der Waals surface area contributed by atoms with Crippen LogP contribution in [0.5, 0.6) is 0 Å². The molecule has 0 aliphatic carbocycles. The maximum absolute atomic E-state index is 12.4. The standard InChI is InChI=1S/C17H27N5O/c1-13-7-5-8-14(2)22(13)20-17(23)19-15-9-6-10-18-16(15)21-11-3-4-12-21/h6,9-10,13-14H,3-5,7-8,11-12H2,1-2H3,(H2,19,20,23). The van der Waals surface area contributed by atoms with E-state index in [-0.39, 0.29) is 6.03 Å². The molecule has 2 fully saturated rings. The fraction of sp³-hybridized carbons (Fsp3) is 0.647. The van der Waals surface area contributed by atoms with Crippen LogP contribution in [-0.2, 0) is 0 Å². The van der Waals surface area contributed by atoms with E-state index in [0.29, 0.717) is 12.1 Å². The van der Waals surface area contributed by atoms with E-state index < -0.39 is 0 Å². The number of piperidine rings is 1. The molecule has 6 nitrogen and oxygen atoms in total. The van der Waals surface area contributed by atoms with Crippen molar-refractivity contribution in [2.45, 2.75) is 58.0 Å². The van der Waals surface area contributed by atoms with Crippen molar-refractivity contribution in [1.82, 2.24) is 15.4 Å². The highest BCUT2D eigenvalue weighted by Crippen LogP contribution is 2.26. The molecule has 0 radical (unpaired) electrons. The quantitative estimate of drug-likeness (QED) is 0.900. The van der Waals surface area contributed by atoms with Crippen LogP contribution in [0.1, 0.15) is 46.0 Å². The molecule has 2 aliphatic rings. The summed E-state index contributed by atoms with van der Waals surface area (Å²) in [5, 5.41) is 5.05. The van der Waals surface area contributed by atoms with Gasteiger partial charge in [0.1, 0.15) is 0 Å². The number of amides is 2. The van der Waals surface area contributed by atoms with Gasteiger partial charge in [-0.3, -0.25) is 5.43 Å². The Balaban J connectivity index is 1.66. The lowest BCUT2D eigenvalue weighted by atomic mass is 10.00. The molecule has 2 N–H and O–H groups in total. The number of anilines is 2. The van der Waals surface area contributed by atoms with Gasteiger partial charge in [-0.25, -0.2) is 14.8 Å². The lowest BCUT2D eigenvalue weighted by Crippen LogP contribution is -2.55. The number of carbonyl (C=O) groups is 1. The number of nitrogens with one attached hydrogen (secondary N) is 2. The smallest absolute Gasteiger partial charge is 0.333 e. The molecule has 1 aromatic rings. The number of aromatic nitrogens is 1. The molecule has 3 rings (SSSR count). The molecular formula is C17H27N5O. The number of hydrazine groups is 1. The van der Waals surface area contributed by atoms with Crippen molar-refractivity contribution < 1.29 is 4.79 Å².